The zero-order chi connectivity index (χ0) is 12.5. The van der Waals surface area contributed by atoms with Gasteiger partial charge in [-0.2, -0.15) is 0 Å². The number of benzene rings is 1. The SMILES string of the molecule is ClCc1nc2ccc(Cl)cc2n1Cc1ccoc1. The van der Waals surface area contributed by atoms with Crippen molar-refractivity contribution in [3.63, 3.8) is 0 Å². The van der Waals surface area contributed by atoms with E-state index in [9.17, 15) is 0 Å². The van der Waals surface area contributed by atoms with Crippen molar-refractivity contribution in [2.24, 2.45) is 0 Å². The summed E-state index contributed by atoms with van der Waals surface area (Å²) in [5.74, 6) is 1.19. The third kappa shape index (κ3) is 2.00. The largest absolute Gasteiger partial charge is 0.472 e. The molecule has 0 aliphatic rings. The van der Waals surface area contributed by atoms with Gasteiger partial charge in [0, 0.05) is 10.6 Å². The first-order chi connectivity index (χ1) is 8.78. The van der Waals surface area contributed by atoms with E-state index in [-0.39, 0.29) is 0 Å². The van der Waals surface area contributed by atoms with Crippen molar-refractivity contribution in [3.05, 3.63) is 53.2 Å². The number of nitrogens with zero attached hydrogens (tertiary/aromatic N) is 2. The molecule has 0 aliphatic carbocycles. The average molecular weight is 281 g/mol. The van der Waals surface area contributed by atoms with E-state index in [2.05, 4.69) is 9.55 Å². The normalized spacial score (nSPS) is 11.2. The molecule has 3 rings (SSSR count). The van der Waals surface area contributed by atoms with Gasteiger partial charge in [0.05, 0.1) is 36.0 Å². The maximum atomic E-state index is 6.03. The number of hydrogen-bond acceptors (Lipinski definition) is 2. The monoisotopic (exact) mass is 280 g/mol. The van der Waals surface area contributed by atoms with E-state index in [1.165, 1.54) is 0 Å². The molecule has 5 heteroatoms. The topological polar surface area (TPSA) is 31.0 Å². The van der Waals surface area contributed by atoms with Crippen LogP contribution >= 0.6 is 23.2 Å². The molecule has 2 aromatic heterocycles. The summed E-state index contributed by atoms with van der Waals surface area (Å²) >= 11 is 12.0. The summed E-state index contributed by atoms with van der Waals surface area (Å²) in [5.41, 5.74) is 2.96. The summed E-state index contributed by atoms with van der Waals surface area (Å²) in [6.07, 6.45) is 3.37. The highest BCUT2D eigenvalue weighted by atomic mass is 35.5. The van der Waals surface area contributed by atoms with E-state index in [1.807, 2.05) is 24.3 Å². The van der Waals surface area contributed by atoms with Crippen molar-refractivity contribution >= 4 is 34.2 Å². The lowest BCUT2D eigenvalue weighted by atomic mass is 10.3. The zero-order valence-corrected chi connectivity index (χ0v) is 10.9. The number of aromatic nitrogens is 2. The zero-order valence-electron chi connectivity index (χ0n) is 9.44. The van der Waals surface area contributed by atoms with Crippen LogP contribution < -0.4 is 0 Å². The number of hydrogen-bond donors (Lipinski definition) is 0. The fourth-order valence-electron chi connectivity index (χ4n) is 1.99. The first kappa shape index (κ1) is 11.6. The highest BCUT2D eigenvalue weighted by Gasteiger charge is 2.11. The molecule has 0 N–H and O–H groups in total. The summed E-state index contributed by atoms with van der Waals surface area (Å²) in [5, 5.41) is 0.692. The fraction of sp³-hybridized carbons (Fsp3) is 0.154. The minimum absolute atomic E-state index is 0.365. The van der Waals surface area contributed by atoms with Gasteiger partial charge in [-0.15, -0.1) is 11.6 Å². The van der Waals surface area contributed by atoms with Crippen molar-refractivity contribution in [1.29, 1.82) is 0 Å². The van der Waals surface area contributed by atoms with Gasteiger partial charge in [-0.25, -0.2) is 4.98 Å². The lowest BCUT2D eigenvalue weighted by Crippen LogP contribution is -2.02. The van der Waals surface area contributed by atoms with E-state index in [0.29, 0.717) is 17.4 Å². The second-order valence-corrected chi connectivity index (χ2v) is 4.72. The predicted molar refractivity (Wildman–Crippen MR) is 72.1 cm³/mol. The molecule has 0 saturated carbocycles. The minimum Gasteiger partial charge on any atom is -0.472 e. The molecule has 0 spiro atoms. The van der Waals surface area contributed by atoms with Gasteiger partial charge in [0.1, 0.15) is 5.82 Å². The summed E-state index contributed by atoms with van der Waals surface area (Å²) in [6, 6.07) is 7.56. The van der Waals surface area contributed by atoms with Crippen LogP contribution in [0.5, 0.6) is 0 Å². The maximum absolute atomic E-state index is 6.03. The molecule has 0 amide bonds. The van der Waals surface area contributed by atoms with Gasteiger partial charge in [-0.1, -0.05) is 11.6 Å². The summed E-state index contributed by atoms with van der Waals surface area (Å²) < 4.78 is 7.13. The number of imidazole rings is 1. The lowest BCUT2D eigenvalue weighted by Gasteiger charge is -2.05. The number of fused-ring (bicyclic) bond motifs is 1. The highest BCUT2D eigenvalue weighted by molar-refractivity contribution is 6.31. The van der Waals surface area contributed by atoms with E-state index in [0.717, 1.165) is 22.4 Å². The first-order valence-electron chi connectivity index (χ1n) is 5.49. The molecule has 92 valence electrons. The van der Waals surface area contributed by atoms with Crippen LogP contribution in [0.4, 0.5) is 0 Å². The Labute approximate surface area is 114 Å². The average Bonchev–Trinajstić information content (AvgIpc) is 2.98. The molecule has 2 heterocycles. The van der Waals surface area contributed by atoms with Crippen LogP contribution in [0.15, 0.2) is 41.2 Å². The number of alkyl halides is 1. The van der Waals surface area contributed by atoms with Gasteiger partial charge in [0.15, 0.2) is 0 Å². The predicted octanol–water partition coefficient (Wildman–Crippen LogP) is 4.07. The second kappa shape index (κ2) is 4.67. The minimum atomic E-state index is 0.365. The third-order valence-electron chi connectivity index (χ3n) is 2.83. The van der Waals surface area contributed by atoms with Crippen molar-refractivity contribution in [2.45, 2.75) is 12.4 Å². The Bertz CT molecular complexity index is 674. The van der Waals surface area contributed by atoms with Gasteiger partial charge in [-0.3, -0.25) is 0 Å². The molecule has 1 aromatic carbocycles. The van der Waals surface area contributed by atoms with Gasteiger partial charge < -0.3 is 8.98 Å². The molecule has 0 saturated heterocycles. The van der Waals surface area contributed by atoms with Crippen LogP contribution in [-0.4, -0.2) is 9.55 Å². The van der Waals surface area contributed by atoms with E-state index < -0.39 is 0 Å². The molecule has 0 bridgehead atoms. The Morgan fingerprint density at radius 1 is 1.28 bits per heavy atom. The standard InChI is InChI=1S/C13H10Cl2N2O/c14-6-13-16-11-2-1-10(15)5-12(11)17(13)7-9-3-4-18-8-9/h1-5,8H,6-7H2. The van der Waals surface area contributed by atoms with Gasteiger partial charge >= 0.3 is 0 Å². The molecule has 3 aromatic rings. The molecule has 0 unspecified atom stereocenters. The van der Waals surface area contributed by atoms with E-state index >= 15 is 0 Å². The molecule has 3 nitrogen and oxygen atoms in total. The summed E-state index contributed by atoms with van der Waals surface area (Å²) in [4.78, 5) is 4.49. The third-order valence-corrected chi connectivity index (χ3v) is 3.30. The number of furan rings is 1. The van der Waals surface area contributed by atoms with Crippen LogP contribution in [0.25, 0.3) is 11.0 Å². The van der Waals surface area contributed by atoms with Crippen LogP contribution in [-0.2, 0) is 12.4 Å². The molecule has 0 radical (unpaired) electrons. The highest BCUT2D eigenvalue weighted by Crippen LogP contribution is 2.22. The molecule has 0 aliphatic heterocycles. The van der Waals surface area contributed by atoms with Crippen LogP contribution in [0.3, 0.4) is 0 Å². The Kier molecular flexibility index (Phi) is 3.02. The molecule has 18 heavy (non-hydrogen) atoms. The molecule has 0 atom stereocenters. The Balaban J connectivity index is 2.15. The van der Waals surface area contributed by atoms with Crippen molar-refractivity contribution in [2.75, 3.05) is 0 Å². The van der Waals surface area contributed by atoms with E-state index in [1.54, 1.807) is 12.5 Å². The molecular formula is C13H10Cl2N2O. The maximum Gasteiger partial charge on any atom is 0.125 e. The van der Waals surface area contributed by atoms with Gasteiger partial charge in [-0.05, 0) is 24.3 Å². The Hall–Kier alpha value is -1.45. The smallest absolute Gasteiger partial charge is 0.125 e. The number of halogens is 2. The second-order valence-electron chi connectivity index (χ2n) is 4.01. The van der Waals surface area contributed by atoms with Gasteiger partial charge in [0.2, 0.25) is 0 Å². The lowest BCUT2D eigenvalue weighted by molar-refractivity contribution is 0.562. The van der Waals surface area contributed by atoms with Crippen LogP contribution in [0.2, 0.25) is 5.02 Å². The van der Waals surface area contributed by atoms with Crippen LogP contribution in [0.1, 0.15) is 11.4 Å². The fourth-order valence-corrected chi connectivity index (χ4v) is 2.36. The first-order valence-corrected chi connectivity index (χ1v) is 6.41. The van der Waals surface area contributed by atoms with Crippen molar-refractivity contribution in [3.8, 4) is 0 Å². The van der Waals surface area contributed by atoms with Crippen molar-refractivity contribution in [1.82, 2.24) is 9.55 Å². The molecule has 0 fully saturated rings. The number of rotatable bonds is 3. The quantitative estimate of drug-likeness (QED) is 0.677. The summed E-state index contributed by atoms with van der Waals surface area (Å²) in [6.45, 7) is 0.676. The van der Waals surface area contributed by atoms with Crippen LogP contribution in [0, 0.1) is 0 Å². The van der Waals surface area contributed by atoms with Crippen molar-refractivity contribution < 1.29 is 4.42 Å². The Morgan fingerprint density at radius 2 is 2.17 bits per heavy atom. The molecular weight excluding hydrogens is 271 g/mol. The van der Waals surface area contributed by atoms with E-state index in [4.69, 9.17) is 27.6 Å². The summed E-state index contributed by atoms with van der Waals surface area (Å²) in [7, 11) is 0. The van der Waals surface area contributed by atoms with Gasteiger partial charge in [0.25, 0.3) is 0 Å². The Morgan fingerprint density at radius 3 is 2.89 bits per heavy atom.